The van der Waals surface area contributed by atoms with Crippen LogP contribution in [0.3, 0.4) is 0 Å². The number of benzene rings is 2. The van der Waals surface area contributed by atoms with Crippen LogP contribution in [0.25, 0.3) is 0 Å². The monoisotopic (exact) mass is 381 g/mol. The van der Waals surface area contributed by atoms with Crippen molar-refractivity contribution in [3.05, 3.63) is 71.9 Å². The number of anilines is 4. The van der Waals surface area contributed by atoms with E-state index in [2.05, 4.69) is 15.3 Å². The van der Waals surface area contributed by atoms with E-state index < -0.39 is 23.6 Å². The fourth-order valence-corrected chi connectivity index (χ4v) is 3.25. The first-order valence-corrected chi connectivity index (χ1v) is 8.61. The van der Waals surface area contributed by atoms with Crippen LogP contribution >= 0.6 is 0 Å². The molecule has 4 rings (SSSR count). The second-order valence-corrected chi connectivity index (χ2v) is 6.44. The van der Waals surface area contributed by atoms with Crippen molar-refractivity contribution in [1.29, 1.82) is 0 Å². The first kappa shape index (κ1) is 17.8. The van der Waals surface area contributed by atoms with Gasteiger partial charge >= 0.3 is 0 Å². The summed E-state index contributed by atoms with van der Waals surface area (Å²) in [7, 11) is 3.12. The molecule has 0 saturated heterocycles. The first-order chi connectivity index (χ1) is 13.5. The van der Waals surface area contributed by atoms with Crippen molar-refractivity contribution in [3.63, 3.8) is 0 Å². The number of hydrogen-bond donors (Lipinski definition) is 1. The number of rotatable bonds is 3. The van der Waals surface area contributed by atoms with Crippen LogP contribution in [0.5, 0.6) is 0 Å². The molecule has 0 saturated carbocycles. The molecule has 0 radical (unpaired) electrons. The molecule has 1 unspecified atom stereocenters. The smallest absolute Gasteiger partial charge is 0.254 e. The summed E-state index contributed by atoms with van der Waals surface area (Å²) < 4.78 is 28.7. The highest BCUT2D eigenvalue weighted by atomic mass is 19.1. The van der Waals surface area contributed by atoms with Crippen molar-refractivity contribution < 1.29 is 13.6 Å². The van der Waals surface area contributed by atoms with E-state index in [0.29, 0.717) is 17.5 Å². The minimum absolute atomic E-state index is 0.302. The minimum atomic E-state index is -1.17. The van der Waals surface area contributed by atoms with Gasteiger partial charge in [-0.25, -0.2) is 13.8 Å². The van der Waals surface area contributed by atoms with Gasteiger partial charge in [-0.1, -0.05) is 24.3 Å². The number of nitrogens with one attached hydrogen (secondary N) is 1. The van der Waals surface area contributed by atoms with Crippen LogP contribution < -0.4 is 15.1 Å². The summed E-state index contributed by atoms with van der Waals surface area (Å²) in [6, 6.07) is 11.7. The van der Waals surface area contributed by atoms with Crippen LogP contribution in [0.1, 0.15) is 11.6 Å². The van der Waals surface area contributed by atoms with Gasteiger partial charge in [-0.05, 0) is 24.3 Å². The molecule has 0 bridgehead atoms. The molecule has 0 aliphatic carbocycles. The third kappa shape index (κ3) is 2.92. The zero-order chi connectivity index (χ0) is 19.8. The van der Waals surface area contributed by atoms with Gasteiger partial charge in [-0.3, -0.25) is 4.79 Å². The maximum Gasteiger partial charge on any atom is 0.254 e. The molecule has 1 atom stereocenters. The van der Waals surface area contributed by atoms with E-state index in [1.165, 1.54) is 29.1 Å². The lowest BCUT2D eigenvalue weighted by atomic mass is 10.0. The highest BCUT2D eigenvalue weighted by Gasteiger charge is 2.40. The van der Waals surface area contributed by atoms with Crippen molar-refractivity contribution in [3.8, 4) is 0 Å². The fourth-order valence-electron chi connectivity index (χ4n) is 3.25. The van der Waals surface area contributed by atoms with E-state index in [0.717, 1.165) is 17.8 Å². The topological polar surface area (TPSA) is 61.4 Å². The quantitative estimate of drug-likeness (QED) is 0.750. The first-order valence-electron chi connectivity index (χ1n) is 8.61. The zero-order valence-corrected chi connectivity index (χ0v) is 15.2. The molecule has 2 heterocycles. The molecule has 3 aromatic rings. The highest BCUT2D eigenvalue weighted by molar-refractivity contribution is 6.04. The Hall–Kier alpha value is -3.55. The van der Waals surface area contributed by atoms with Crippen molar-refractivity contribution in [2.75, 3.05) is 29.2 Å². The van der Waals surface area contributed by atoms with Gasteiger partial charge in [0.2, 0.25) is 5.95 Å². The van der Waals surface area contributed by atoms with Gasteiger partial charge in [0, 0.05) is 19.8 Å². The van der Waals surface area contributed by atoms with Crippen molar-refractivity contribution in [2.24, 2.45) is 0 Å². The number of para-hydroxylation sites is 1. The van der Waals surface area contributed by atoms with Crippen molar-refractivity contribution in [2.45, 2.75) is 6.04 Å². The molecule has 0 spiro atoms. The lowest BCUT2D eigenvalue weighted by molar-refractivity contribution is -0.120. The van der Waals surface area contributed by atoms with Crippen LogP contribution in [-0.2, 0) is 4.79 Å². The normalized spacial score (nSPS) is 16.1. The molecule has 1 N–H and O–H groups in total. The molecule has 2 aromatic carbocycles. The molecule has 1 aromatic heterocycles. The number of fused-ring (bicyclic) bond motifs is 1. The maximum absolute atomic E-state index is 14.4. The number of carbonyl (C=O) groups excluding carboxylic acids is 1. The molecular weight excluding hydrogens is 364 g/mol. The average molecular weight is 381 g/mol. The van der Waals surface area contributed by atoms with E-state index >= 15 is 0 Å². The van der Waals surface area contributed by atoms with Gasteiger partial charge in [-0.2, -0.15) is 4.98 Å². The molecular formula is C20H17F2N5O. The Balaban J connectivity index is 1.77. The van der Waals surface area contributed by atoms with Crippen molar-refractivity contribution in [1.82, 2.24) is 9.97 Å². The van der Waals surface area contributed by atoms with Gasteiger partial charge in [-0.15, -0.1) is 0 Å². The van der Waals surface area contributed by atoms with Crippen LogP contribution in [-0.4, -0.2) is 30.0 Å². The summed E-state index contributed by atoms with van der Waals surface area (Å²) in [6.07, 6.45) is 1.51. The summed E-state index contributed by atoms with van der Waals surface area (Å²) >= 11 is 0. The van der Waals surface area contributed by atoms with E-state index in [-0.39, 0.29) is 5.56 Å². The molecule has 28 heavy (non-hydrogen) atoms. The lowest BCUT2D eigenvalue weighted by Gasteiger charge is -2.38. The molecule has 142 valence electrons. The van der Waals surface area contributed by atoms with Gasteiger partial charge in [0.05, 0.1) is 11.8 Å². The lowest BCUT2D eigenvalue weighted by Crippen LogP contribution is -2.46. The summed E-state index contributed by atoms with van der Waals surface area (Å²) in [5.41, 5.74) is 0.949. The molecule has 6 nitrogen and oxygen atoms in total. The number of halogens is 2. The second kappa shape index (κ2) is 6.88. The standard InChI is InChI=1S/C20H17F2N5O/c1-26-15-11-23-20(24-12-7-4-3-5-8-12)25-18(15)27(2)17(19(26)28)16-13(21)9-6-10-14(16)22/h3-11,17H,1-2H3,(H,23,24,25). The van der Waals surface area contributed by atoms with E-state index in [9.17, 15) is 13.6 Å². The van der Waals surface area contributed by atoms with E-state index in [4.69, 9.17) is 0 Å². The summed E-state index contributed by atoms with van der Waals surface area (Å²) in [5.74, 6) is -1.32. The number of likely N-dealkylation sites (N-methyl/N-ethyl adjacent to an activating group) is 2. The molecule has 1 amide bonds. The van der Waals surface area contributed by atoms with E-state index in [1.54, 1.807) is 7.05 Å². The Bertz CT molecular complexity index is 1020. The molecule has 1 aliphatic heterocycles. The third-order valence-electron chi connectivity index (χ3n) is 4.70. The summed E-state index contributed by atoms with van der Waals surface area (Å²) in [4.78, 5) is 24.4. The number of nitrogens with zero attached hydrogens (tertiary/aromatic N) is 4. The largest absolute Gasteiger partial charge is 0.342 e. The highest BCUT2D eigenvalue weighted by Crippen LogP contribution is 2.40. The molecule has 1 aliphatic rings. The Kier molecular flexibility index (Phi) is 4.38. The Morgan fingerprint density at radius 1 is 1.00 bits per heavy atom. The Morgan fingerprint density at radius 2 is 1.68 bits per heavy atom. The SMILES string of the molecule is CN1C(=O)C(c2c(F)cccc2F)N(C)c2nc(Nc3ccccc3)ncc21. The zero-order valence-electron chi connectivity index (χ0n) is 15.2. The number of aromatic nitrogens is 2. The number of hydrogen-bond acceptors (Lipinski definition) is 5. The van der Waals surface area contributed by atoms with Gasteiger partial charge in [0.1, 0.15) is 23.4 Å². The van der Waals surface area contributed by atoms with Crippen LogP contribution in [0.4, 0.5) is 31.9 Å². The van der Waals surface area contributed by atoms with Crippen molar-refractivity contribution >= 4 is 29.0 Å². The van der Waals surface area contributed by atoms with Gasteiger partial charge in [0.25, 0.3) is 5.91 Å². The third-order valence-corrected chi connectivity index (χ3v) is 4.70. The number of amides is 1. The van der Waals surface area contributed by atoms with Gasteiger partial charge in [0.15, 0.2) is 5.82 Å². The van der Waals surface area contributed by atoms with Crippen LogP contribution in [0.2, 0.25) is 0 Å². The Morgan fingerprint density at radius 3 is 2.36 bits per heavy atom. The number of carbonyl (C=O) groups is 1. The fraction of sp³-hybridized carbons (Fsp3) is 0.150. The molecule has 0 fully saturated rings. The van der Waals surface area contributed by atoms with Gasteiger partial charge < -0.3 is 15.1 Å². The molecule has 8 heteroatoms. The maximum atomic E-state index is 14.4. The predicted molar refractivity (Wildman–Crippen MR) is 103 cm³/mol. The average Bonchev–Trinajstić information content (AvgIpc) is 2.69. The van der Waals surface area contributed by atoms with E-state index in [1.807, 2.05) is 30.3 Å². The van der Waals surface area contributed by atoms with Crippen LogP contribution in [0.15, 0.2) is 54.7 Å². The van der Waals surface area contributed by atoms with Crippen LogP contribution in [0, 0.1) is 11.6 Å². The summed E-state index contributed by atoms with van der Waals surface area (Å²) in [5, 5.41) is 3.08. The Labute approximate surface area is 160 Å². The second-order valence-electron chi connectivity index (χ2n) is 6.44. The minimum Gasteiger partial charge on any atom is -0.342 e. The summed E-state index contributed by atoms with van der Waals surface area (Å²) in [6.45, 7) is 0. The predicted octanol–water partition coefficient (Wildman–Crippen LogP) is 3.65.